The molecule has 0 rings (SSSR count). The highest BCUT2D eigenvalue weighted by Crippen LogP contribution is 2.55. The number of carbonyl (C=O) groups is 3. The van der Waals surface area contributed by atoms with Crippen molar-refractivity contribution < 1.29 is 68.1 Å². The second kappa shape index (κ2) is 13.2. The van der Waals surface area contributed by atoms with E-state index < -0.39 is 83.5 Å². The highest BCUT2D eigenvalue weighted by Gasteiger charge is 2.81. The zero-order valence-electron chi connectivity index (χ0n) is 18.7. The quantitative estimate of drug-likeness (QED) is 0.0834. The Hall–Kier alpha value is -1.49. The molecule has 206 valence electrons. The maximum absolute atomic E-state index is 14.2. The van der Waals surface area contributed by atoms with Gasteiger partial charge in [-0.15, -0.1) is 0 Å². The minimum atomic E-state index is -7.14. The molecule has 3 atom stereocenters. The minimum absolute atomic E-state index is 0.0669. The van der Waals surface area contributed by atoms with Gasteiger partial charge in [0.2, 0.25) is 0 Å². The van der Waals surface area contributed by atoms with E-state index in [1.807, 2.05) is 0 Å². The van der Waals surface area contributed by atoms with Crippen LogP contribution >= 0.6 is 22.6 Å². The Balaban J connectivity index is 6.17. The Kier molecular flexibility index (Phi) is 12.6. The average Bonchev–Trinajstić information content (AvgIpc) is 2.71. The maximum atomic E-state index is 14.2. The van der Waals surface area contributed by atoms with Crippen molar-refractivity contribution in [3.8, 4) is 0 Å². The summed E-state index contributed by atoms with van der Waals surface area (Å²) in [5.41, 5.74) is 0. The lowest BCUT2D eigenvalue weighted by Gasteiger charge is -2.35. The first kappa shape index (κ1) is 33.5. The van der Waals surface area contributed by atoms with Crippen molar-refractivity contribution in [2.75, 3.05) is 19.8 Å². The van der Waals surface area contributed by atoms with Crippen LogP contribution in [0.3, 0.4) is 0 Å². The van der Waals surface area contributed by atoms with E-state index in [0.29, 0.717) is 0 Å². The summed E-state index contributed by atoms with van der Waals surface area (Å²) in [6, 6.07) is 0. The molecule has 0 saturated carbocycles. The number of carbonyl (C=O) groups excluding carboxylic acids is 3. The average molecular weight is 646 g/mol. The molecule has 0 bridgehead atoms. The van der Waals surface area contributed by atoms with Gasteiger partial charge < -0.3 is 14.2 Å². The van der Waals surface area contributed by atoms with Crippen molar-refractivity contribution in [1.29, 1.82) is 0 Å². The first-order valence-corrected chi connectivity index (χ1v) is 11.4. The zero-order valence-corrected chi connectivity index (χ0v) is 20.9. The van der Waals surface area contributed by atoms with Crippen molar-refractivity contribution in [3.05, 3.63) is 0 Å². The summed E-state index contributed by atoms with van der Waals surface area (Å²) in [4.78, 5) is 36.3. The summed E-state index contributed by atoms with van der Waals surface area (Å²) < 4.78 is 133. The third-order valence-corrected chi connectivity index (χ3v) is 5.57. The number of hydrogen-bond acceptors (Lipinski definition) is 6. The van der Waals surface area contributed by atoms with E-state index in [1.165, 1.54) is 43.4 Å². The van der Waals surface area contributed by atoms with Gasteiger partial charge in [-0.25, -0.2) is 0 Å². The normalized spacial score (nSPS) is 15.7. The number of ether oxygens (including phenoxy) is 3. The molecule has 0 radical (unpaired) electrons. The second-order valence-corrected chi connectivity index (χ2v) is 8.65. The van der Waals surface area contributed by atoms with Crippen molar-refractivity contribution in [2.45, 2.75) is 67.9 Å². The van der Waals surface area contributed by atoms with Crippen LogP contribution in [0, 0.1) is 11.8 Å². The highest BCUT2D eigenvalue weighted by molar-refractivity contribution is 14.1. The molecule has 0 fully saturated rings. The van der Waals surface area contributed by atoms with E-state index in [1.54, 1.807) is 0 Å². The van der Waals surface area contributed by atoms with Crippen LogP contribution < -0.4 is 0 Å². The number of halogens is 10. The molecule has 0 amide bonds. The van der Waals surface area contributed by atoms with Crippen LogP contribution in [0.4, 0.5) is 39.5 Å². The molecule has 0 aliphatic rings. The largest absolute Gasteiger partial charge is 0.466 e. The molecule has 16 heteroatoms. The molecular formula is C19H24F9IO6. The van der Waals surface area contributed by atoms with Crippen LogP contribution in [-0.2, 0) is 28.6 Å². The molecule has 0 aromatic carbocycles. The first-order valence-electron chi connectivity index (χ1n) is 10.1. The fraction of sp³-hybridized carbons (Fsp3) is 0.842. The molecule has 0 aromatic rings. The summed E-state index contributed by atoms with van der Waals surface area (Å²) in [7, 11) is 0. The molecular weight excluding hydrogens is 622 g/mol. The fourth-order valence-electron chi connectivity index (χ4n) is 2.84. The van der Waals surface area contributed by atoms with E-state index in [4.69, 9.17) is 9.47 Å². The third-order valence-electron chi connectivity index (χ3n) is 4.56. The minimum Gasteiger partial charge on any atom is -0.466 e. The van der Waals surface area contributed by atoms with Gasteiger partial charge in [0, 0.05) is 6.42 Å². The van der Waals surface area contributed by atoms with Gasteiger partial charge in [-0.1, -0.05) is 22.6 Å². The molecule has 0 aliphatic heterocycles. The predicted molar refractivity (Wildman–Crippen MR) is 109 cm³/mol. The Labute approximate surface area is 208 Å². The Morgan fingerprint density at radius 2 is 1.06 bits per heavy atom. The Morgan fingerprint density at radius 1 is 0.657 bits per heavy atom. The standard InChI is InChI=1S/C19H24F9IO6/c1-4-33-13(30)10(8-12(29)15(32)35-6-3)7-11(14(31)34-5-2)9-16(20,21)17(22,23)18(24,25)19(26,27)28/h10-12H,4-9H2,1-3H3. The number of hydrogen-bond donors (Lipinski definition) is 0. The van der Waals surface area contributed by atoms with Gasteiger partial charge in [-0.3, -0.25) is 14.4 Å². The molecule has 35 heavy (non-hydrogen) atoms. The topological polar surface area (TPSA) is 78.9 Å². The monoisotopic (exact) mass is 646 g/mol. The van der Waals surface area contributed by atoms with Gasteiger partial charge >= 0.3 is 41.9 Å². The van der Waals surface area contributed by atoms with Crippen molar-refractivity contribution >= 4 is 40.5 Å². The van der Waals surface area contributed by atoms with E-state index in [9.17, 15) is 53.9 Å². The molecule has 0 heterocycles. The number of rotatable bonds is 14. The van der Waals surface area contributed by atoms with Crippen LogP contribution in [-0.4, -0.2) is 65.6 Å². The van der Waals surface area contributed by atoms with E-state index in [-0.39, 0.29) is 13.2 Å². The second-order valence-electron chi connectivity index (χ2n) is 7.14. The van der Waals surface area contributed by atoms with Crippen LogP contribution in [0.1, 0.15) is 40.0 Å². The van der Waals surface area contributed by atoms with Crippen LogP contribution in [0.2, 0.25) is 0 Å². The van der Waals surface area contributed by atoms with E-state index in [2.05, 4.69) is 4.74 Å². The molecule has 0 aliphatic carbocycles. The summed E-state index contributed by atoms with van der Waals surface area (Å²) >= 11 is 1.52. The van der Waals surface area contributed by atoms with Crippen molar-refractivity contribution in [2.24, 2.45) is 11.8 Å². The van der Waals surface area contributed by atoms with Gasteiger partial charge in [0.25, 0.3) is 0 Å². The highest BCUT2D eigenvalue weighted by atomic mass is 127. The van der Waals surface area contributed by atoms with E-state index in [0.717, 1.165) is 0 Å². The van der Waals surface area contributed by atoms with Crippen molar-refractivity contribution in [1.82, 2.24) is 0 Å². The lowest BCUT2D eigenvalue weighted by atomic mass is 9.85. The fourth-order valence-corrected chi connectivity index (χ4v) is 3.63. The predicted octanol–water partition coefficient (Wildman–Crippen LogP) is 5.35. The molecule has 6 nitrogen and oxygen atoms in total. The van der Waals surface area contributed by atoms with Gasteiger partial charge in [0.1, 0.15) is 3.92 Å². The van der Waals surface area contributed by atoms with E-state index >= 15 is 0 Å². The molecule has 0 aromatic heterocycles. The summed E-state index contributed by atoms with van der Waals surface area (Å²) in [6.45, 7) is 3.18. The summed E-state index contributed by atoms with van der Waals surface area (Å²) in [5.74, 6) is -27.8. The maximum Gasteiger partial charge on any atom is 0.460 e. The number of alkyl halides is 10. The van der Waals surface area contributed by atoms with Gasteiger partial charge in [-0.05, 0) is 33.6 Å². The molecule has 0 saturated heterocycles. The number of esters is 3. The van der Waals surface area contributed by atoms with Gasteiger partial charge in [-0.2, -0.15) is 39.5 Å². The lowest BCUT2D eigenvalue weighted by Crippen LogP contribution is -2.61. The van der Waals surface area contributed by atoms with Gasteiger partial charge in [0.05, 0.1) is 31.7 Å². The Bertz CT molecular complexity index is 730. The van der Waals surface area contributed by atoms with Gasteiger partial charge in [0.15, 0.2) is 0 Å². The Morgan fingerprint density at radius 3 is 1.46 bits per heavy atom. The van der Waals surface area contributed by atoms with Crippen molar-refractivity contribution in [3.63, 3.8) is 0 Å². The molecule has 0 spiro atoms. The summed E-state index contributed by atoms with van der Waals surface area (Å²) in [5, 5.41) is 0. The first-order chi connectivity index (χ1) is 15.8. The van der Waals surface area contributed by atoms with Crippen LogP contribution in [0.5, 0.6) is 0 Å². The zero-order chi connectivity index (χ0) is 27.8. The SMILES string of the molecule is CCOC(=O)C(I)CC(CC(CC(F)(F)C(F)(F)C(F)(F)C(F)(F)F)C(=O)OCC)C(=O)OCC. The molecule has 3 unspecified atom stereocenters. The summed E-state index contributed by atoms with van der Waals surface area (Å²) in [6.07, 6.45) is -11.1. The lowest BCUT2D eigenvalue weighted by molar-refractivity contribution is -0.397. The third kappa shape index (κ3) is 8.55. The van der Waals surface area contributed by atoms with Crippen LogP contribution in [0.25, 0.3) is 0 Å². The van der Waals surface area contributed by atoms with Crippen LogP contribution in [0.15, 0.2) is 0 Å². The smallest absolute Gasteiger partial charge is 0.460 e. The molecule has 0 N–H and O–H groups in total.